The van der Waals surface area contributed by atoms with Crippen molar-refractivity contribution >= 4 is 55.2 Å². The summed E-state index contributed by atoms with van der Waals surface area (Å²) in [6.07, 6.45) is 1.30. The Labute approximate surface area is 160 Å². The second-order valence-electron chi connectivity index (χ2n) is 5.30. The lowest BCUT2D eigenvalue weighted by Gasteiger charge is -2.17. The molecular formula is C17H13Br2N3O3. The Morgan fingerprint density at radius 1 is 1.12 bits per heavy atom. The molecule has 128 valence electrons. The molecule has 8 heteroatoms. The Morgan fingerprint density at radius 3 is 2.64 bits per heavy atom. The Morgan fingerprint density at radius 2 is 1.88 bits per heavy atom. The van der Waals surface area contributed by atoms with Crippen molar-refractivity contribution in [2.45, 2.75) is 6.04 Å². The Balaban J connectivity index is 1.81. The molecule has 3 amide bonds. The molecule has 0 spiro atoms. The Kier molecular flexibility index (Phi) is 5.10. The number of benzene rings is 2. The van der Waals surface area contributed by atoms with Gasteiger partial charge in [-0.3, -0.25) is 4.79 Å². The van der Waals surface area contributed by atoms with Gasteiger partial charge in [0.05, 0.1) is 6.04 Å². The number of amides is 3. The number of carbonyl (C=O) groups excluding carboxylic acids is 2. The first-order valence-electron chi connectivity index (χ1n) is 7.27. The summed E-state index contributed by atoms with van der Waals surface area (Å²) in [6, 6.07) is 11.2. The molecule has 0 fully saturated rings. The van der Waals surface area contributed by atoms with E-state index >= 15 is 0 Å². The minimum atomic E-state index is -0.658. The van der Waals surface area contributed by atoms with Crippen LogP contribution in [0.4, 0.5) is 16.2 Å². The van der Waals surface area contributed by atoms with E-state index in [1.165, 1.54) is 6.08 Å². The number of halogens is 2. The van der Waals surface area contributed by atoms with Crippen molar-refractivity contribution in [2.75, 3.05) is 10.6 Å². The minimum absolute atomic E-state index is 0.451. The first-order chi connectivity index (χ1) is 11.9. The molecule has 0 radical (unpaired) electrons. The molecule has 1 atom stereocenters. The van der Waals surface area contributed by atoms with Crippen molar-refractivity contribution in [3.05, 3.63) is 68.8 Å². The molecule has 0 aromatic heterocycles. The van der Waals surface area contributed by atoms with Gasteiger partial charge in [-0.05, 0) is 62.2 Å². The van der Waals surface area contributed by atoms with E-state index in [-0.39, 0.29) is 0 Å². The highest BCUT2D eigenvalue weighted by atomic mass is 79.9. The number of fused-ring (bicyclic) bond motifs is 1. The zero-order valence-electron chi connectivity index (χ0n) is 12.7. The molecule has 0 saturated carbocycles. The van der Waals surface area contributed by atoms with E-state index in [1.54, 1.807) is 42.5 Å². The van der Waals surface area contributed by atoms with Crippen molar-refractivity contribution in [3.63, 3.8) is 0 Å². The van der Waals surface area contributed by atoms with Gasteiger partial charge in [0.15, 0.2) is 5.76 Å². The fourth-order valence-corrected chi connectivity index (χ4v) is 3.02. The van der Waals surface area contributed by atoms with Crippen LogP contribution in [0.1, 0.15) is 11.6 Å². The smallest absolute Gasteiger partial charge is 0.319 e. The van der Waals surface area contributed by atoms with E-state index in [0.717, 1.165) is 8.95 Å². The van der Waals surface area contributed by atoms with E-state index in [9.17, 15) is 14.7 Å². The summed E-state index contributed by atoms with van der Waals surface area (Å²) in [5.41, 5.74) is 1.80. The Bertz CT molecular complexity index is 883. The van der Waals surface area contributed by atoms with Gasteiger partial charge < -0.3 is 21.1 Å². The van der Waals surface area contributed by atoms with Gasteiger partial charge in [-0.15, -0.1) is 0 Å². The van der Waals surface area contributed by atoms with Crippen LogP contribution in [0.25, 0.3) is 0 Å². The third-order valence-electron chi connectivity index (χ3n) is 3.57. The van der Waals surface area contributed by atoms with Crippen LogP contribution in [-0.2, 0) is 4.79 Å². The highest BCUT2D eigenvalue weighted by Crippen LogP contribution is 2.29. The van der Waals surface area contributed by atoms with Gasteiger partial charge in [0, 0.05) is 25.9 Å². The fraction of sp³-hybridized carbons (Fsp3) is 0.0588. The van der Waals surface area contributed by atoms with Crippen LogP contribution in [0, 0.1) is 0 Å². The first-order valence-corrected chi connectivity index (χ1v) is 8.86. The van der Waals surface area contributed by atoms with E-state index in [1.807, 2.05) is 0 Å². The maximum absolute atomic E-state index is 12.3. The SMILES string of the molecule is O=C(Nc1ccc(Br)c(Br)c1)NC1C=C(O)C(=O)Nc2ccccc21. The van der Waals surface area contributed by atoms with Crippen molar-refractivity contribution in [3.8, 4) is 0 Å². The average Bonchev–Trinajstić information content (AvgIpc) is 2.68. The predicted molar refractivity (Wildman–Crippen MR) is 103 cm³/mol. The minimum Gasteiger partial charge on any atom is -0.503 e. The second-order valence-corrected chi connectivity index (χ2v) is 7.01. The summed E-state index contributed by atoms with van der Waals surface area (Å²) in [6.45, 7) is 0. The summed E-state index contributed by atoms with van der Waals surface area (Å²) < 4.78 is 1.67. The van der Waals surface area contributed by atoms with Crippen molar-refractivity contribution in [1.29, 1.82) is 0 Å². The lowest BCUT2D eigenvalue weighted by molar-refractivity contribution is -0.115. The van der Waals surface area contributed by atoms with Crippen molar-refractivity contribution in [2.24, 2.45) is 0 Å². The largest absolute Gasteiger partial charge is 0.503 e. The summed E-state index contributed by atoms with van der Waals surface area (Å²) in [5, 5.41) is 17.9. The van der Waals surface area contributed by atoms with Gasteiger partial charge in [0.2, 0.25) is 0 Å². The third kappa shape index (κ3) is 4.02. The van der Waals surface area contributed by atoms with Crippen LogP contribution in [0.3, 0.4) is 0 Å². The van der Waals surface area contributed by atoms with Gasteiger partial charge >= 0.3 is 6.03 Å². The molecule has 0 aliphatic carbocycles. The number of para-hydroxylation sites is 1. The van der Waals surface area contributed by atoms with E-state index in [0.29, 0.717) is 16.9 Å². The highest BCUT2D eigenvalue weighted by molar-refractivity contribution is 9.13. The van der Waals surface area contributed by atoms with Crippen LogP contribution < -0.4 is 16.0 Å². The van der Waals surface area contributed by atoms with Crippen molar-refractivity contribution in [1.82, 2.24) is 5.32 Å². The van der Waals surface area contributed by atoms with Gasteiger partial charge in [0.1, 0.15) is 0 Å². The predicted octanol–water partition coefficient (Wildman–Crippen LogP) is 4.47. The van der Waals surface area contributed by atoms with E-state index < -0.39 is 23.7 Å². The van der Waals surface area contributed by atoms with Crippen LogP contribution in [0.5, 0.6) is 0 Å². The van der Waals surface area contributed by atoms with Crippen molar-refractivity contribution < 1.29 is 14.7 Å². The standard InChI is InChI=1S/C17H13Br2N3O3/c18-11-6-5-9(7-12(11)19)20-17(25)22-14-8-15(23)16(24)21-13-4-2-1-3-10(13)14/h1-8,14,23H,(H,21,24)(H2,20,22,25). The molecular weight excluding hydrogens is 454 g/mol. The van der Waals surface area contributed by atoms with Gasteiger partial charge in [-0.1, -0.05) is 18.2 Å². The third-order valence-corrected chi connectivity index (χ3v) is 5.44. The van der Waals surface area contributed by atoms with Crippen LogP contribution in [-0.4, -0.2) is 17.0 Å². The summed E-state index contributed by atoms with van der Waals surface area (Å²) in [5.74, 6) is -1.07. The zero-order valence-corrected chi connectivity index (χ0v) is 15.9. The number of carbonyl (C=O) groups is 2. The number of nitrogens with one attached hydrogen (secondary N) is 3. The molecule has 0 bridgehead atoms. The lowest BCUT2D eigenvalue weighted by Crippen LogP contribution is -2.31. The quantitative estimate of drug-likeness (QED) is 0.526. The van der Waals surface area contributed by atoms with Crippen LogP contribution >= 0.6 is 31.9 Å². The monoisotopic (exact) mass is 465 g/mol. The molecule has 6 nitrogen and oxygen atoms in total. The molecule has 2 aromatic carbocycles. The normalized spacial score (nSPS) is 16.2. The first kappa shape index (κ1) is 17.5. The summed E-state index contributed by atoms with van der Waals surface area (Å²) >= 11 is 6.74. The summed E-state index contributed by atoms with van der Waals surface area (Å²) in [7, 11) is 0. The molecule has 0 saturated heterocycles. The van der Waals surface area contributed by atoms with E-state index in [2.05, 4.69) is 47.8 Å². The maximum Gasteiger partial charge on any atom is 0.319 e. The molecule has 4 N–H and O–H groups in total. The number of rotatable bonds is 2. The molecule has 1 aliphatic heterocycles. The van der Waals surface area contributed by atoms with Gasteiger partial charge in [-0.25, -0.2) is 4.79 Å². The number of hydrogen-bond donors (Lipinski definition) is 4. The van der Waals surface area contributed by atoms with Gasteiger partial charge in [-0.2, -0.15) is 0 Å². The topological polar surface area (TPSA) is 90.5 Å². The zero-order chi connectivity index (χ0) is 18.0. The van der Waals surface area contributed by atoms with Crippen LogP contribution in [0.15, 0.2) is 63.2 Å². The summed E-state index contributed by atoms with van der Waals surface area (Å²) in [4.78, 5) is 24.1. The fourth-order valence-electron chi connectivity index (χ4n) is 2.39. The van der Waals surface area contributed by atoms with E-state index in [4.69, 9.17) is 0 Å². The highest BCUT2D eigenvalue weighted by Gasteiger charge is 2.23. The average molecular weight is 467 g/mol. The lowest BCUT2D eigenvalue weighted by atomic mass is 10.1. The maximum atomic E-state index is 12.3. The molecule has 3 rings (SSSR count). The molecule has 1 heterocycles. The number of aliphatic hydroxyl groups is 1. The number of aliphatic hydroxyl groups excluding tert-OH is 1. The molecule has 2 aromatic rings. The second kappa shape index (κ2) is 7.28. The number of hydrogen-bond acceptors (Lipinski definition) is 3. The molecule has 1 unspecified atom stereocenters. The molecule has 25 heavy (non-hydrogen) atoms. The van der Waals surface area contributed by atoms with Crippen LogP contribution in [0.2, 0.25) is 0 Å². The number of anilines is 2. The Hall–Kier alpha value is -2.32. The number of urea groups is 1. The van der Waals surface area contributed by atoms with Gasteiger partial charge in [0.25, 0.3) is 5.91 Å². The molecule has 1 aliphatic rings.